The number of esters is 1. The molecule has 0 aliphatic heterocycles. The van der Waals surface area contributed by atoms with Crippen LogP contribution in [0.1, 0.15) is 21.7 Å². The molecule has 0 amide bonds. The van der Waals surface area contributed by atoms with Crippen LogP contribution in [0, 0.1) is 18.3 Å². The van der Waals surface area contributed by atoms with Gasteiger partial charge in [0, 0.05) is 19.4 Å². The van der Waals surface area contributed by atoms with Gasteiger partial charge in [-0.15, -0.1) is 0 Å². The number of pyridine rings is 1. The van der Waals surface area contributed by atoms with Crippen LogP contribution in [0.4, 0.5) is 0 Å². The zero-order valence-corrected chi connectivity index (χ0v) is 18.0. The Bertz CT molecular complexity index is 1350. The minimum atomic E-state index is -0.639. The SMILES string of the molecule is Cc1nn(C)c(C(OC(=O)c2ccccc2)=C(C#N)n2ccc(-c3ccccn3)n2)c1Cl. The van der Waals surface area contributed by atoms with Crippen LogP contribution in [0.25, 0.3) is 22.8 Å². The molecule has 0 saturated carbocycles. The van der Waals surface area contributed by atoms with Gasteiger partial charge in [0.15, 0.2) is 11.5 Å². The second-order valence-electron chi connectivity index (χ2n) is 6.78. The summed E-state index contributed by atoms with van der Waals surface area (Å²) in [5, 5.41) is 19.0. The molecule has 0 unspecified atom stereocenters. The summed E-state index contributed by atoms with van der Waals surface area (Å²) in [6.45, 7) is 1.72. The van der Waals surface area contributed by atoms with Gasteiger partial charge in [0.2, 0.25) is 0 Å². The van der Waals surface area contributed by atoms with E-state index in [1.165, 1.54) is 9.36 Å². The van der Waals surface area contributed by atoms with E-state index >= 15 is 0 Å². The quantitative estimate of drug-likeness (QED) is 0.258. The zero-order chi connectivity index (χ0) is 22.7. The maximum absolute atomic E-state index is 12.9. The highest BCUT2D eigenvalue weighted by molar-refractivity contribution is 6.33. The minimum Gasteiger partial charge on any atom is -0.417 e. The summed E-state index contributed by atoms with van der Waals surface area (Å²) in [4.78, 5) is 17.1. The number of aryl methyl sites for hydroxylation is 2. The van der Waals surface area contributed by atoms with Crippen LogP contribution >= 0.6 is 11.6 Å². The maximum atomic E-state index is 12.9. The smallest absolute Gasteiger partial charge is 0.343 e. The average molecular weight is 445 g/mol. The van der Waals surface area contributed by atoms with Crippen LogP contribution < -0.4 is 0 Å². The monoisotopic (exact) mass is 444 g/mol. The number of ether oxygens (including phenoxy) is 1. The number of hydrogen-bond donors (Lipinski definition) is 0. The third kappa shape index (κ3) is 4.02. The van der Waals surface area contributed by atoms with E-state index in [-0.39, 0.29) is 16.5 Å². The lowest BCUT2D eigenvalue weighted by molar-refractivity contribution is 0.0691. The molecule has 0 aliphatic rings. The Kier molecular flexibility index (Phi) is 5.83. The van der Waals surface area contributed by atoms with Gasteiger partial charge in [0.25, 0.3) is 0 Å². The Labute approximate surface area is 189 Å². The van der Waals surface area contributed by atoms with Gasteiger partial charge in [-0.1, -0.05) is 35.9 Å². The minimum absolute atomic E-state index is 0.0265. The number of nitriles is 1. The predicted octanol–water partition coefficient (Wildman–Crippen LogP) is 4.35. The summed E-state index contributed by atoms with van der Waals surface area (Å²) in [7, 11) is 1.65. The second kappa shape index (κ2) is 8.88. The number of halogens is 1. The molecule has 0 N–H and O–H groups in total. The molecule has 0 fully saturated rings. The molecule has 0 bridgehead atoms. The first kappa shape index (κ1) is 21.0. The molecule has 4 aromatic rings. The fourth-order valence-corrected chi connectivity index (χ4v) is 3.36. The van der Waals surface area contributed by atoms with Gasteiger partial charge >= 0.3 is 5.97 Å². The van der Waals surface area contributed by atoms with E-state index in [2.05, 4.69) is 21.3 Å². The van der Waals surface area contributed by atoms with Crippen LogP contribution in [0.5, 0.6) is 0 Å². The second-order valence-corrected chi connectivity index (χ2v) is 7.16. The first-order chi connectivity index (χ1) is 15.5. The summed E-state index contributed by atoms with van der Waals surface area (Å²) < 4.78 is 8.51. The van der Waals surface area contributed by atoms with Crippen LogP contribution in [0.2, 0.25) is 5.02 Å². The fourth-order valence-electron chi connectivity index (χ4n) is 3.12. The van der Waals surface area contributed by atoms with E-state index in [4.69, 9.17) is 16.3 Å². The highest BCUT2D eigenvalue weighted by Gasteiger charge is 2.26. The number of carbonyl (C=O) groups is 1. The molecule has 8 nitrogen and oxygen atoms in total. The topological polar surface area (TPSA) is 98.6 Å². The standard InChI is InChI=1S/C23H17ClN6O2/c1-15-20(24)21(29(2)27-15)22(32-23(31)16-8-4-3-5-9-16)19(14-25)30-13-11-18(28-30)17-10-6-7-12-26-17/h3-13H,1-2H3. The lowest BCUT2D eigenvalue weighted by atomic mass is 10.2. The Morgan fingerprint density at radius 1 is 1.06 bits per heavy atom. The predicted molar refractivity (Wildman–Crippen MR) is 119 cm³/mol. The third-order valence-corrected chi connectivity index (χ3v) is 5.09. The number of benzene rings is 1. The number of allylic oxidation sites excluding steroid dienone is 1. The molecular formula is C23H17ClN6O2. The Morgan fingerprint density at radius 3 is 2.44 bits per heavy atom. The van der Waals surface area contributed by atoms with Gasteiger partial charge in [0.05, 0.1) is 22.0 Å². The summed E-state index contributed by atoms with van der Waals surface area (Å²) >= 11 is 6.47. The van der Waals surface area contributed by atoms with Gasteiger partial charge in [-0.3, -0.25) is 9.67 Å². The highest BCUT2D eigenvalue weighted by atomic mass is 35.5. The summed E-state index contributed by atoms with van der Waals surface area (Å²) in [5.41, 5.74) is 2.32. The van der Waals surface area contributed by atoms with E-state index in [0.29, 0.717) is 28.3 Å². The highest BCUT2D eigenvalue weighted by Crippen LogP contribution is 2.32. The summed E-state index contributed by atoms with van der Waals surface area (Å²) in [5.74, 6) is -0.689. The van der Waals surface area contributed by atoms with E-state index in [1.807, 2.05) is 6.07 Å². The van der Waals surface area contributed by atoms with Gasteiger partial charge in [-0.2, -0.15) is 15.5 Å². The van der Waals surface area contributed by atoms with Crippen LogP contribution in [0.3, 0.4) is 0 Å². The molecule has 9 heteroatoms. The van der Waals surface area contributed by atoms with Crippen molar-refractivity contribution in [1.29, 1.82) is 5.26 Å². The Hall–Kier alpha value is -4.22. The first-order valence-corrected chi connectivity index (χ1v) is 9.96. The van der Waals surface area contributed by atoms with Crippen molar-refractivity contribution >= 4 is 29.0 Å². The molecule has 3 heterocycles. The largest absolute Gasteiger partial charge is 0.417 e. The van der Waals surface area contributed by atoms with Crippen LogP contribution in [-0.4, -0.2) is 30.5 Å². The van der Waals surface area contributed by atoms with Gasteiger partial charge in [0.1, 0.15) is 17.5 Å². The Morgan fingerprint density at radius 2 is 1.81 bits per heavy atom. The molecular weight excluding hydrogens is 428 g/mol. The molecule has 4 rings (SSSR count). The number of nitrogens with zero attached hydrogens (tertiary/aromatic N) is 6. The molecule has 0 radical (unpaired) electrons. The average Bonchev–Trinajstić information content (AvgIpc) is 3.39. The van der Waals surface area contributed by atoms with Crippen molar-refractivity contribution in [3.63, 3.8) is 0 Å². The molecule has 0 atom stereocenters. The number of carbonyl (C=O) groups excluding carboxylic acids is 1. The molecule has 0 aliphatic carbocycles. The van der Waals surface area contributed by atoms with Crippen molar-refractivity contribution in [2.45, 2.75) is 6.92 Å². The molecule has 3 aromatic heterocycles. The maximum Gasteiger partial charge on any atom is 0.343 e. The summed E-state index contributed by atoms with van der Waals surface area (Å²) in [6.07, 6.45) is 3.25. The van der Waals surface area contributed by atoms with E-state index in [9.17, 15) is 10.1 Å². The zero-order valence-electron chi connectivity index (χ0n) is 17.2. The molecule has 158 valence electrons. The summed E-state index contributed by atoms with van der Waals surface area (Å²) in [6, 6.07) is 17.7. The molecule has 0 saturated heterocycles. The molecule has 32 heavy (non-hydrogen) atoms. The number of rotatable bonds is 5. The van der Waals surface area contributed by atoms with Crippen LogP contribution in [-0.2, 0) is 11.8 Å². The lowest BCUT2D eigenvalue weighted by Crippen LogP contribution is -2.12. The van der Waals surface area contributed by atoms with Gasteiger partial charge in [-0.25, -0.2) is 9.48 Å². The number of hydrogen-bond acceptors (Lipinski definition) is 6. The van der Waals surface area contributed by atoms with Crippen molar-refractivity contribution in [2.75, 3.05) is 0 Å². The fraction of sp³-hybridized carbons (Fsp3) is 0.0870. The van der Waals surface area contributed by atoms with Crippen molar-refractivity contribution in [1.82, 2.24) is 24.5 Å². The third-order valence-electron chi connectivity index (χ3n) is 4.63. The van der Waals surface area contributed by atoms with Crippen molar-refractivity contribution in [2.24, 2.45) is 7.05 Å². The van der Waals surface area contributed by atoms with Crippen molar-refractivity contribution in [3.8, 4) is 17.5 Å². The van der Waals surface area contributed by atoms with E-state index < -0.39 is 5.97 Å². The van der Waals surface area contributed by atoms with E-state index in [0.717, 1.165) is 0 Å². The first-order valence-electron chi connectivity index (χ1n) is 9.58. The van der Waals surface area contributed by atoms with Gasteiger partial charge < -0.3 is 4.74 Å². The van der Waals surface area contributed by atoms with Crippen molar-refractivity contribution < 1.29 is 9.53 Å². The Balaban J connectivity index is 1.86. The molecule has 0 spiro atoms. The van der Waals surface area contributed by atoms with Gasteiger partial charge in [-0.05, 0) is 37.3 Å². The van der Waals surface area contributed by atoms with E-state index in [1.54, 1.807) is 74.9 Å². The van der Waals surface area contributed by atoms with Crippen LogP contribution in [0.15, 0.2) is 67.0 Å². The molecule has 1 aromatic carbocycles. The normalized spacial score (nSPS) is 11.6. The number of aromatic nitrogens is 5. The van der Waals surface area contributed by atoms with Crippen molar-refractivity contribution in [3.05, 3.63) is 89.0 Å². The lowest BCUT2D eigenvalue weighted by Gasteiger charge is -2.12.